The number of hydrogen-bond acceptors (Lipinski definition) is 3. The lowest BCUT2D eigenvalue weighted by molar-refractivity contribution is 0.734. The second-order valence-electron chi connectivity index (χ2n) is 2.54. The molecule has 3 nitrogen and oxygen atoms in total. The number of hydrogen-bond donors (Lipinski definition) is 1. The van der Waals surface area contributed by atoms with Gasteiger partial charge in [0.2, 0.25) is 0 Å². The maximum absolute atomic E-state index is 8.59. The molecule has 60 valence electrons. The molecule has 1 atom stereocenters. The first-order valence-corrected chi connectivity index (χ1v) is 3.64. The molecule has 1 N–H and O–H groups in total. The summed E-state index contributed by atoms with van der Waals surface area (Å²) in [6, 6.07) is 9.04. The van der Waals surface area contributed by atoms with Crippen LogP contribution in [0.5, 0.6) is 0 Å². The van der Waals surface area contributed by atoms with Crippen molar-refractivity contribution in [2.75, 3.05) is 0 Å². The van der Waals surface area contributed by atoms with E-state index in [1.165, 1.54) is 0 Å². The molecule has 1 rings (SSSR count). The van der Waals surface area contributed by atoms with Crippen molar-refractivity contribution in [3.8, 4) is 6.07 Å². The quantitative estimate of drug-likeness (QED) is 0.662. The summed E-state index contributed by atoms with van der Waals surface area (Å²) in [5, 5.41) is 12.0. The van der Waals surface area contributed by atoms with Crippen molar-refractivity contribution in [3.63, 3.8) is 0 Å². The molecule has 1 aromatic carbocycles. The van der Waals surface area contributed by atoms with E-state index in [9.17, 15) is 0 Å². The zero-order valence-corrected chi connectivity index (χ0v) is 6.78. The van der Waals surface area contributed by atoms with Crippen LogP contribution in [-0.2, 0) is 0 Å². The van der Waals surface area contributed by atoms with Gasteiger partial charge < -0.3 is 0 Å². The first-order valence-electron chi connectivity index (χ1n) is 3.64. The molecule has 3 heteroatoms. The monoisotopic (exact) mass is 159 g/mol. The summed E-state index contributed by atoms with van der Waals surface area (Å²) in [4.78, 5) is 0. The maximum Gasteiger partial charge on any atom is 0.0991 e. The Hall–Kier alpha value is -1.69. The molecule has 0 aliphatic rings. The molecule has 0 saturated carbocycles. The van der Waals surface area contributed by atoms with Gasteiger partial charge in [-0.05, 0) is 24.6 Å². The van der Waals surface area contributed by atoms with E-state index < -0.39 is 0 Å². The van der Waals surface area contributed by atoms with Crippen molar-refractivity contribution in [1.82, 2.24) is 0 Å². The van der Waals surface area contributed by atoms with Crippen LogP contribution in [0.4, 0.5) is 0 Å². The second kappa shape index (κ2) is 3.63. The highest BCUT2D eigenvalue weighted by atomic mass is 15.0. The van der Waals surface area contributed by atoms with E-state index >= 15 is 0 Å². The summed E-state index contributed by atoms with van der Waals surface area (Å²) in [7, 11) is 0. The Labute approximate surface area is 71.2 Å². The van der Waals surface area contributed by atoms with E-state index in [1.54, 1.807) is 18.2 Å². The van der Waals surface area contributed by atoms with E-state index in [0.29, 0.717) is 5.56 Å². The Morgan fingerprint density at radius 1 is 1.58 bits per heavy atom. The highest BCUT2D eigenvalue weighted by molar-refractivity contribution is 5.33. The highest BCUT2D eigenvalue weighted by Gasteiger charge is 2.02. The van der Waals surface area contributed by atoms with Gasteiger partial charge in [0, 0.05) is 0 Å². The van der Waals surface area contributed by atoms with Gasteiger partial charge in [-0.3, -0.25) is 0 Å². The van der Waals surface area contributed by atoms with Gasteiger partial charge in [0.15, 0.2) is 0 Å². The summed E-state index contributed by atoms with van der Waals surface area (Å²) in [6.07, 6.45) is 0. The number of nitrogens with zero attached hydrogens (tertiary/aromatic N) is 2. The summed E-state index contributed by atoms with van der Waals surface area (Å²) in [6.45, 7) is 1.82. The molecule has 0 radical (unpaired) electrons. The zero-order chi connectivity index (χ0) is 8.97. The van der Waals surface area contributed by atoms with Gasteiger partial charge in [-0.1, -0.05) is 12.1 Å². The molecule has 0 aromatic heterocycles. The third kappa shape index (κ3) is 1.67. The van der Waals surface area contributed by atoms with Gasteiger partial charge in [0.05, 0.1) is 17.7 Å². The summed E-state index contributed by atoms with van der Waals surface area (Å²) in [5.41, 5.74) is 8.34. The average molecular weight is 159 g/mol. The number of nitrogens with one attached hydrogen (secondary N) is 1. The van der Waals surface area contributed by atoms with Crippen molar-refractivity contribution >= 4 is 0 Å². The SMILES string of the molecule is CC(N=N)c1cccc(C#N)c1. The first kappa shape index (κ1) is 8.41. The first-order chi connectivity index (χ1) is 5.77. The fourth-order valence-electron chi connectivity index (χ4n) is 0.943. The number of nitriles is 1. The number of benzene rings is 1. The van der Waals surface area contributed by atoms with Gasteiger partial charge in [0.25, 0.3) is 0 Å². The maximum atomic E-state index is 8.59. The van der Waals surface area contributed by atoms with Crippen molar-refractivity contribution in [2.24, 2.45) is 5.11 Å². The normalized spacial score (nSPS) is 11.7. The third-order valence-electron chi connectivity index (χ3n) is 1.69. The molecular weight excluding hydrogens is 150 g/mol. The predicted molar refractivity (Wildman–Crippen MR) is 44.7 cm³/mol. The molecule has 0 saturated heterocycles. The third-order valence-corrected chi connectivity index (χ3v) is 1.69. The molecule has 12 heavy (non-hydrogen) atoms. The van der Waals surface area contributed by atoms with Gasteiger partial charge >= 0.3 is 0 Å². The fraction of sp³-hybridized carbons (Fsp3) is 0.222. The molecule has 0 aliphatic heterocycles. The lowest BCUT2D eigenvalue weighted by Gasteiger charge is -2.03. The van der Waals surface area contributed by atoms with Crippen molar-refractivity contribution in [2.45, 2.75) is 13.0 Å². The Morgan fingerprint density at radius 3 is 2.92 bits per heavy atom. The van der Waals surface area contributed by atoms with Crippen LogP contribution in [0.25, 0.3) is 0 Å². The van der Waals surface area contributed by atoms with Crippen LogP contribution in [0.2, 0.25) is 0 Å². The molecule has 1 unspecified atom stereocenters. The Morgan fingerprint density at radius 2 is 2.33 bits per heavy atom. The van der Waals surface area contributed by atoms with Gasteiger partial charge in [-0.2, -0.15) is 10.4 Å². The molecular formula is C9H9N3. The van der Waals surface area contributed by atoms with Gasteiger partial charge in [-0.25, -0.2) is 5.53 Å². The molecule has 0 aliphatic carbocycles. The molecule has 0 spiro atoms. The average Bonchev–Trinajstić information content (AvgIpc) is 2.17. The fourth-order valence-corrected chi connectivity index (χ4v) is 0.943. The number of rotatable bonds is 2. The smallest absolute Gasteiger partial charge is 0.0991 e. The Balaban J connectivity index is 3.03. The minimum Gasteiger partial charge on any atom is -0.209 e. The Bertz CT molecular complexity index is 325. The minimum atomic E-state index is -0.154. The lowest BCUT2D eigenvalue weighted by Crippen LogP contribution is -1.88. The van der Waals surface area contributed by atoms with E-state index in [0.717, 1.165) is 5.56 Å². The van der Waals surface area contributed by atoms with E-state index in [-0.39, 0.29) is 6.04 Å². The summed E-state index contributed by atoms with van der Waals surface area (Å²) in [5.74, 6) is 0. The molecule has 0 heterocycles. The predicted octanol–water partition coefficient (Wildman–Crippen LogP) is 2.65. The van der Waals surface area contributed by atoms with Crippen molar-refractivity contribution < 1.29 is 0 Å². The Kier molecular flexibility index (Phi) is 2.54. The lowest BCUT2D eigenvalue weighted by atomic mass is 10.1. The highest BCUT2D eigenvalue weighted by Crippen LogP contribution is 2.16. The van der Waals surface area contributed by atoms with Crippen LogP contribution in [0, 0.1) is 16.9 Å². The van der Waals surface area contributed by atoms with Crippen molar-refractivity contribution in [3.05, 3.63) is 35.4 Å². The van der Waals surface area contributed by atoms with Crippen LogP contribution in [0.1, 0.15) is 24.1 Å². The summed E-state index contributed by atoms with van der Waals surface area (Å²) >= 11 is 0. The largest absolute Gasteiger partial charge is 0.209 e. The van der Waals surface area contributed by atoms with E-state index in [2.05, 4.69) is 5.11 Å². The van der Waals surface area contributed by atoms with E-state index in [4.69, 9.17) is 10.8 Å². The molecule has 0 amide bonds. The van der Waals surface area contributed by atoms with Crippen LogP contribution in [-0.4, -0.2) is 0 Å². The van der Waals surface area contributed by atoms with Crippen LogP contribution in [0.3, 0.4) is 0 Å². The standard InChI is InChI=1S/C9H9N3/c1-7(12-11)9-4-2-3-8(5-9)6-10/h2-5,7,11H,1H3. The van der Waals surface area contributed by atoms with Crippen LogP contribution < -0.4 is 0 Å². The van der Waals surface area contributed by atoms with Crippen LogP contribution >= 0.6 is 0 Å². The molecule has 0 fully saturated rings. The topological polar surface area (TPSA) is 60.0 Å². The minimum absolute atomic E-state index is 0.154. The van der Waals surface area contributed by atoms with E-state index in [1.807, 2.05) is 19.1 Å². The zero-order valence-electron chi connectivity index (χ0n) is 6.78. The van der Waals surface area contributed by atoms with Gasteiger partial charge in [0.1, 0.15) is 0 Å². The molecule has 1 aromatic rings. The van der Waals surface area contributed by atoms with Crippen molar-refractivity contribution in [1.29, 1.82) is 10.8 Å². The second-order valence-corrected chi connectivity index (χ2v) is 2.54. The van der Waals surface area contributed by atoms with Crippen LogP contribution in [0.15, 0.2) is 29.4 Å². The summed E-state index contributed by atoms with van der Waals surface area (Å²) < 4.78 is 0. The molecule has 0 bridgehead atoms. The van der Waals surface area contributed by atoms with Gasteiger partial charge in [-0.15, -0.1) is 0 Å².